The van der Waals surface area contributed by atoms with Gasteiger partial charge in [0.15, 0.2) is 0 Å². The molecule has 2 atom stereocenters. The van der Waals surface area contributed by atoms with Gasteiger partial charge < -0.3 is 10.6 Å². The van der Waals surface area contributed by atoms with E-state index >= 15 is 0 Å². The molecule has 2 N–H and O–H groups in total. The molecule has 2 aliphatic heterocycles. The highest BCUT2D eigenvalue weighted by Crippen LogP contribution is 2.21. The fraction of sp³-hybridized carbons (Fsp3) is 0.938. The molecule has 0 aliphatic carbocycles. The first kappa shape index (κ1) is 15.8. The van der Waals surface area contributed by atoms with Gasteiger partial charge in [-0.05, 0) is 45.1 Å². The van der Waals surface area contributed by atoms with E-state index in [1.807, 2.05) is 0 Å². The van der Waals surface area contributed by atoms with Crippen LogP contribution in [0.5, 0.6) is 0 Å². The predicted molar refractivity (Wildman–Crippen MR) is 82.5 cm³/mol. The molecule has 4 heteroatoms. The number of hydrogen-bond acceptors (Lipinski definition) is 3. The lowest BCUT2D eigenvalue weighted by Gasteiger charge is -2.38. The first-order valence-corrected chi connectivity index (χ1v) is 8.42. The molecule has 0 spiro atoms. The summed E-state index contributed by atoms with van der Waals surface area (Å²) in [6, 6.07) is 0.525. The summed E-state index contributed by atoms with van der Waals surface area (Å²) in [7, 11) is 0. The Kier molecular flexibility index (Phi) is 6.30. The molecule has 2 saturated heterocycles. The van der Waals surface area contributed by atoms with Crippen molar-refractivity contribution in [1.29, 1.82) is 0 Å². The largest absolute Gasteiger partial charge is 0.342 e. The second kappa shape index (κ2) is 7.99. The third kappa shape index (κ3) is 4.45. The Morgan fingerprint density at radius 1 is 1.10 bits per heavy atom. The van der Waals surface area contributed by atoms with Gasteiger partial charge >= 0.3 is 0 Å². The summed E-state index contributed by atoms with van der Waals surface area (Å²) < 4.78 is 0. The van der Waals surface area contributed by atoms with Crippen molar-refractivity contribution in [3.05, 3.63) is 0 Å². The van der Waals surface area contributed by atoms with Gasteiger partial charge in [-0.25, -0.2) is 0 Å². The quantitative estimate of drug-likeness (QED) is 0.859. The molecule has 0 saturated carbocycles. The van der Waals surface area contributed by atoms with Crippen molar-refractivity contribution in [2.24, 2.45) is 11.7 Å². The number of carbonyl (C=O) groups is 1. The molecule has 20 heavy (non-hydrogen) atoms. The zero-order valence-electron chi connectivity index (χ0n) is 13.0. The molecule has 2 heterocycles. The van der Waals surface area contributed by atoms with E-state index in [2.05, 4.69) is 16.7 Å². The highest BCUT2D eigenvalue weighted by Gasteiger charge is 2.27. The van der Waals surface area contributed by atoms with Crippen molar-refractivity contribution in [3.63, 3.8) is 0 Å². The van der Waals surface area contributed by atoms with Crippen molar-refractivity contribution in [2.45, 2.75) is 57.9 Å². The first-order valence-electron chi connectivity index (χ1n) is 8.42. The summed E-state index contributed by atoms with van der Waals surface area (Å²) in [6.45, 7) is 6.51. The first-order chi connectivity index (χ1) is 9.70. The van der Waals surface area contributed by atoms with Crippen LogP contribution in [0, 0.1) is 5.92 Å². The summed E-state index contributed by atoms with van der Waals surface area (Å²) in [5, 5.41) is 0. The molecule has 0 bridgehead atoms. The van der Waals surface area contributed by atoms with Gasteiger partial charge in [0.2, 0.25) is 5.91 Å². The molecule has 0 radical (unpaired) electrons. The maximum atomic E-state index is 12.5. The number of likely N-dealkylation sites (tertiary alicyclic amines) is 2. The monoisotopic (exact) mass is 281 g/mol. The minimum absolute atomic E-state index is 0.330. The summed E-state index contributed by atoms with van der Waals surface area (Å²) in [5.74, 6) is 0.905. The van der Waals surface area contributed by atoms with Crippen LogP contribution in [0.25, 0.3) is 0 Å². The normalized spacial score (nSPS) is 29.8. The second-order valence-electron chi connectivity index (χ2n) is 6.61. The third-order valence-corrected chi connectivity index (χ3v) is 4.99. The summed E-state index contributed by atoms with van der Waals surface area (Å²) in [6.07, 6.45) is 8.63. The SMILES string of the molecule is CC1CCC(CN)CN1CC(=O)N1CCCCCCC1. The third-order valence-electron chi connectivity index (χ3n) is 4.99. The van der Waals surface area contributed by atoms with Crippen molar-refractivity contribution in [1.82, 2.24) is 9.80 Å². The van der Waals surface area contributed by atoms with Crippen LogP contribution in [0.1, 0.15) is 51.9 Å². The van der Waals surface area contributed by atoms with Gasteiger partial charge in [0.05, 0.1) is 6.54 Å². The average molecular weight is 281 g/mol. The summed E-state index contributed by atoms with van der Waals surface area (Å²) in [4.78, 5) is 17.0. The maximum absolute atomic E-state index is 12.5. The molecular formula is C16H31N3O. The lowest BCUT2D eigenvalue weighted by atomic mass is 9.93. The Balaban J connectivity index is 1.85. The van der Waals surface area contributed by atoms with Crippen LogP contribution in [0.4, 0.5) is 0 Å². The van der Waals surface area contributed by atoms with E-state index in [9.17, 15) is 4.79 Å². The molecule has 2 unspecified atom stereocenters. The van der Waals surface area contributed by atoms with E-state index in [-0.39, 0.29) is 0 Å². The highest BCUT2D eigenvalue weighted by atomic mass is 16.2. The van der Waals surface area contributed by atoms with Crippen LogP contribution < -0.4 is 5.73 Å². The number of nitrogens with zero attached hydrogens (tertiary/aromatic N) is 2. The molecule has 2 fully saturated rings. The highest BCUT2D eigenvalue weighted by molar-refractivity contribution is 5.78. The lowest BCUT2D eigenvalue weighted by molar-refractivity contribution is -0.133. The fourth-order valence-electron chi connectivity index (χ4n) is 3.45. The number of amides is 1. The van der Waals surface area contributed by atoms with Crippen LogP contribution in [0.3, 0.4) is 0 Å². The van der Waals surface area contributed by atoms with Crippen LogP contribution in [0.2, 0.25) is 0 Å². The van der Waals surface area contributed by atoms with Gasteiger partial charge in [-0.2, -0.15) is 0 Å². The van der Waals surface area contributed by atoms with Gasteiger partial charge in [-0.1, -0.05) is 19.3 Å². The van der Waals surface area contributed by atoms with Crippen molar-refractivity contribution in [3.8, 4) is 0 Å². The predicted octanol–water partition coefficient (Wildman–Crippen LogP) is 1.84. The van der Waals surface area contributed by atoms with E-state index in [1.54, 1.807) is 0 Å². The maximum Gasteiger partial charge on any atom is 0.236 e. The number of carbonyl (C=O) groups excluding carboxylic acids is 1. The molecule has 4 nitrogen and oxygen atoms in total. The number of piperidine rings is 1. The molecule has 2 rings (SSSR count). The molecular weight excluding hydrogens is 250 g/mol. The van der Waals surface area contributed by atoms with E-state index in [0.717, 1.165) is 26.2 Å². The van der Waals surface area contributed by atoms with E-state index in [0.29, 0.717) is 24.4 Å². The van der Waals surface area contributed by atoms with Crippen molar-refractivity contribution < 1.29 is 4.79 Å². The molecule has 1 amide bonds. The minimum Gasteiger partial charge on any atom is -0.342 e. The zero-order valence-corrected chi connectivity index (χ0v) is 13.0. The van der Waals surface area contributed by atoms with Crippen LogP contribution >= 0.6 is 0 Å². The van der Waals surface area contributed by atoms with Crippen molar-refractivity contribution in [2.75, 3.05) is 32.7 Å². The minimum atomic E-state index is 0.330. The Bertz CT molecular complexity index is 300. The van der Waals surface area contributed by atoms with Crippen LogP contribution in [0.15, 0.2) is 0 Å². The Hall–Kier alpha value is -0.610. The molecule has 2 aliphatic rings. The van der Waals surface area contributed by atoms with Crippen molar-refractivity contribution >= 4 is 5.91 Å². The van der Waals surface area contributed by atoms with E-state index < -0.39 is 0 Å². The lowest BCUT2D eigenvalue weighted by Crippen LogP contribution is -2.49. The Morgan fingerprint density at radius 3 is 2.40 bits per heavy atom. The number of rotatable bonds is 3. The van der Waals surface area contributed by atoms with Gasteiger partial charge in [-0.15, -0.1) is 0 Å². The summed E-state index contributed by atoms with van der Waals surface area (Å²) in [5.41, 5.74) is 5.80. The van der Waals surface area contributed by atoms with E-state index in [1.165, 1.54) is 44.9 Å². The van der Waals surface area contributed by atoms with Crippen LogP contribution in [-0.4, -0.2) is 54.5 Å². The number of nitrogens with two attached hydrogens (primary N) is 1. The number of hydrogen-bond donors (Lipinski definition) is 1. The van der Waals surface area contributed by atoms with E-state index in [4.69, 9.17) is 5.73 Å². The van der Waals surface area contributed by atoms with Crippen LogP contribution in [-0.2, 0) is 4.79 Å². The van der Waals surface area contributed by atoms with Gasteiger partial charge in [-0.3, -0.25) is 9.69 Å². The summed E-state index contributed by atoms with van der Waals surface area (Å²) >= 11 is 0. The fourth-order valence-corrected chi connectivity index (χ4v) is 3.45. The average Bonchev–Trinajstić information content (AvgIpc) is 2.40. The van der Waals surface area contributed by atoms with Gasteiger partial charge in [0.1, 0.15) is 0 Å². The molecule has 0 aromatic heterocycles. The molecule has 0 aromatic rings. The molecule has 0 aromatic carbocycles. The Morgan fingerprint density at radius 2 is 1.75 bits per heavy atom. The second-order valence-corrected chi connectivity index (χ2v) is 6.61. The zero-order chi connectivity index (χ0) is 14.4. The van der Waals surface area contributed by atoms with Gasteiger partial charge in [0, 0.05) is 25.7 Å². The Labute approximate surface area is 123 Å². The smallest absolute Gasteiger partial charge is 0.236 e. The topological polar surface area (TPSA) is 49.6 Å². The van der Waals surface area contributed by atoms with Gasteiger partial charge in [0.25, 0.3) is 0 Å². The standard InChI is InChI=1S/C16H31N3O/c1-14-7-8-15(11-17)12-19(14)13-16(20)18-9-5-3-2-4-6-10-18/h14-15H,2-13,17H2,1H3. The molecule has 116 valence electrons.